The zero-order valence-electron chi connectivity index (χ0n) is 9.50. The van der Waals surface area contributed by atoms with Gasteiger partial charge in [0.05, 0.1) is 6.04 Å². The maximum atomic E-state index is 11.6. The van der Waals surface area contributed by atoms with Crippen molar-refractivity contribution < 1.29 is 14.7 Å². The van der Waals surface area contributed by atoms with Gasteiger partial charge in [-0.15, -0.1) is 0 Å². The van der Waals surface area contributed by atoms with Crippen molar-refractivity contribution in [3.8, 4) is 0 Å². The van der Waals surface area contributed by atoms with Crippen LogP contribution in [0.5, 0.6) is 0 Å². The Morgan fingerprint density at radius 3 is 2.75 bits per heavy atom. The Morgan fingerprint density at radius 1 is 1.31 bits per heavy atom. The van der Waals surface area contributed by atoms with Gasteiger partial charge in [0.2, 0.25) is 5.91 Å². The van der Waals surface area contributed by atoms with E-state index >= 15 is 0 Å². The molecule has 0 aromatic rings. The van der Waals surface area contributed by atoms with Crippen LogP contribution >= 0.6 is 0 Å². The molecule has 1 unspecified atom stereocenters. The lowest BCUT2D eigenvalue weighted by molar-refractivity contribution is -0.137. The molecule has 1 atom stereocenters. The monoisotopic (exact) mass is 228 g/mol. The molecule has 0 bridgehead atoms. The molecule has 92 valence electrons. The third-order valence-electron chi connectivity index (χ3n) is 2.74. The Morgan fingerprint density at radius 2 is 2.12 bits per heavy atom. The SMILES string of the molecule is O=C(O)CCCCNC(=O)C1CCCCN1. The summed E-state index contributed by atoms with van der Waals surface area (Å²) in [6.07, 6.45) is 4.67. The molecule has 5 nitrogen and oxygen atoms in total. The van der Waals surface area contributed by atoms with Gasteiger partial charge in [-0.05, 0) is 32.2 Å². The molecule has 0 aliphatic carbocycles. The van der Waals surface area contributed by atoms with Gasteiger partial charge in [0.15, 0.2) is 0 Å². The van der Waals surface area contributed by atoms with Gasteiger partial charge in [-0.2, -0.15) is 0 Å². The lowest BCUT2D eigenvalue weighted by Crippen LogP contribution is -2.46. The van der Waals surface area contributed by atoms with E-state index in [-0.39, 0.29) is 18.4 Å². The Hall–Kier alpha value is -1.10. The molecule has 0 aromatic carbocycles. The van der Waals surface area contributed by atoms with Crippen molar-refractivity contribution in [1.29, 1.82) is 0 Å². The quantitative estimate of drug-likeness (QED) is 0.578. The van der Waals surface area contributed by atoms with Crippen LogP contribution in [0.15, 0.2) is 0 Å². The van der Waals surface area contributed by atoms with Crippen LogP contribution in [0.3, 0.4) is 0 Å². The van der Waals surface area contributed by atoms with Gasteiger partial charge in [-0.25, -0.2) is 0 Å². The second kappa shape index (κ2) is 7.22. The zero-order chi connectivity index (χ0) is 11.8. The van der Waals surface area contributed by atoms with Crippen LogP contribution in [0.25, 0.3) is 0 Å². The fraction of sp³-hybridized carbons (Fsp3) is 0.818. The lowest BCUT2D eigenvalue weighted by Gasteiger charge is -2.22. The molecule has 5 heteroatoms. The van der Waals surface area contributed by atoms with E-state index in [1.807, 2.05) is 0 Å². The number of amides is 1. The Kier molecular flexibility index (Phi) is 5.85. The average Bonchev–Trinajstić information content (AvgIpc) is 2.29. The topological polar surface area (TPSA) is 78.4 Å². The number of piperidine rings is 1. The number of unbranched alkanes of at least 4 members (excludes halogenated alkanes) is 1. The molecule has 1 saturated heterocycles. The second-order valence-electron chi connectivity index (χ2n) is 4.14. The molecule has 1 amide bonds. The summed E-state index contributed by atoms with van der Waals surface area (Å²) in [5.74, 6) is -0.727. The van der Waals surface area contributed by atoms with Crippen molar-refractivity contribution in [3.63, 3.8) is 0 Å². The Bertz CT molecular complexity index is 237. The van der Waals surface area contributed by atoms with Gasteiger partial charge in [-0.3, -0.25) is 9.59 Å². The van der Waals surface area contributed by atoms with Gasteiger partial charge in [0.25, 0.3) is 0 Å². The first-order valence-electron chi connectivity index (χ1n) is 5.93. The first-order chi connectivity index (χ1) is 7.70. The second-order valence-corrected chi connectivity index (χ2v) is 4.14. The number of hydrogen-bond acceptors (Lipinski definition) is 3. The van der Waals surface area contributed by atoms with E-state index in [0.717, 1.165) is 32.2 Å². The van der Waals surface area contributed by atoms with Gasteiger partial charge in [0.1, 0.15) is 0 Å². The Labute approximate surface area is 95.6 Å². The summed E-state index contributed by atoms with van der Waals surface area (Å²) in [5, 5.41) is 14.4. The molecule has 0 aromatic heterocycles. The maximum absolute atomic E-state index is 11.6. The highest BCUT2D eigenvalue weighted by atomic mass is 16.4. The number of carboxylic acids is 1. The van der Waals surface area contributed by atoms with Gasteiger partial charge >= 0.3 is 5.97 Å². The van der Waals surface area contributed by atoms with Crippen molar-refractivity contribution >= 4 is 11.9 Å². The van der Waals surface area contributed by atoms with Crippen molar-refractivity contribution in [2.45, 2.75) is 44.6 Å². The molecule has 1 heterocycles. The minimum absolute atomic E-state index is 0.0479. The summed E-state index contributed by atoms with van der Waals surface area (Å²) < 4.78 is 0. The molecule has 16 heavy (non-hydrogen) atoms. The number of aliphatic carboxylic acids is 1. The van der Waals surface area contributed by atoms with Gasteiger partial charge in [0, 0.05) is 13.0 Å². The average molecular weight is 228 g/mol. The van der Waals surface area contributed by atoms with Crippen molar-refractivity contribution in [2.75, 3.05) is 13.1 Å². The van der Waals surface area contributed by atoms with Crippen LogP contribution in [-0.4, -0.2) is 36.1 Å². The van der Waals surface area contributed by atoms with Crippen LogP contribution in [0, 0.1) is 0 Å². The third kappa shape index (κ3) is 5.11. The molecule has 1 rings (SSSR count). The van der Waals surface area contributed by atoms with Crippen molar-refractivity contribution in [3.05, 3.63) is 0 Å². The summed E-state index contributed by atoms with van der Waals surface area (Å²) in [4.78, 5) is 21.9. The van der Waals surface area contributed by atoms with Crippen LogP contribution in [0.1, 0.15) is 38.5 Å². The fourth-order valence-corrected chi connectivity index (χ4v) is 1.81. The third-order valence-corrected chi connectivity index (χ3v) is 2.74. The molecule has 0 radical (unpaired) electrons. The van der Waals surface area contributed by atoms with E-state index in [9.17, 15) is 9.59 Å². The lowest BCUT2D eigenvalue weighted by atomic mass is 10.0. The minimum atomic E-state index is -0.778. The van der Waals surface area contributed by atoms with Crippen molar-refractivity contribution in [2.24, 2.45) is 0 Å². The molecule has 1 aliphatic heterocycles. The van der Waals surface area contributed by atoms with Crippen LogP contribution in [-0.2, 0) is 9.59 Å². The van der Waals surface area contributed by atoms with Crippen molar-refractivity contribution in [1.82, 2.24) is 10.6 Å². The van der Waals surface area contributed by atoms with Crippen LogP contribution < -0.4 is 10.6 Å². The molecule has 1 fully saturated rings. The summed E-state index contributed by atoms with van der Waals surface area (Å²) in [7, 11) is 0. The standard InChI is InChI=1S/C11H20N2O3/c14-10(15)6-2-4-8-13-11(16)9-5-1-3-7-12-9/h9,12H,1-8H2,(H,13,16)(H,14,15). The molecular weight excluding hydrogens is 208 g/mol. The molecule has 1 aliphatic rings. The van der Waals surface area contributed by atoms with E-state index in [1.165, 1.54) is 0 Å². The van der Waals surface area contributed by atoms with Gasteiger partial charge < -0.3 is 15.7 Å². The molecule has 3 N–H and O–H groups in total. The first kappa shape index (κ1) is 13.0. The van der Waals surface area contributed by atoms with Crippen LogP contribution in [0.4, 0.5) is 0 Å². The number of carbonyl (C=O) groups is 2. The highest BCUT2D eigenvalue weighted by Gasteiger charge is 2.19. The first-order valence-corrected chi connectivity index (χ1v) is 5.93. The highest BCUT2D eigenvalue weighted by molar-refractivity contribution is 5.81. The highest BCUT2D eigenvalue weighted by Crippen LogP contribution is 2.06. The summed E-state index contributed by atoms with van der Waals surface area (Å²) in [6.45, 7) is 1.49. The van der Waals surface area contributed by atoms with E-state index in [0.29, 0.717) is 13.0 Å². The smallest absolute Gasteiger partial charge is 0.303 e. The van der Waals surface area contributed by atoms with Crippen LogP contribution in [0.2, 0.25) is 0 Å². The predicted octanol–water partition coefficient (Wildman–Crippen LogP) is 0.500. The Balaban J connectivity index is 2.03. The van der Waals surface area contributed by atoms with E-state index in [1.54, 1.807) is 0 Å². The summed E-state index contributed by atoms with van der Waals surface area (Å²) in [6, 6.07) is -0.0479. The molecule has 0 spiro atoms. The summed E-state index contributed by atoms with van der Waals surface area (Å²) >= 11 is 0. The predicted molar refractivity (Wildman–Crippen MR) is 60.1 cm³/mol. The van der Waals surface area contributed by atoms with Gasteiger partial charge in [-0.1, -0.05) is 6.42 Å². The zero-order valence-corrected chi connectivity index (χ0v) is 9.50. The van der Waals surface area contributed by atoms with E-state index in [2.05, 4.69) is 10.6 Å². The van der Waals surface area contributed by atoms with E-state index in [4.69, 9.17) is 5.11 Å². The molecular formula is C11H20N2O3. The number of hydrogen-bond donors (Lipinski definition) is 3. The summed E-state index contributed by atoms with van der Waals surface area (Å²) in [5.41, 5.74) is 0. The fourth-order valence-electron chi connectivity index (χ4n) is 1.81. The number of carbonyl (C=O) groups excluding carboxylic acids is 1. The maximum Gasteiger partial charge on any atom is 0.303 e. The number of rotatable bonds is 6. The number of nitrogens with one attached hydrogen (secondary N) is 2. The normalized spacial score (nSPS) is 20.4. The molecule has 0 saturated carbocycles. The number of carboxylic acid groups (broad SMARTS) is 1. The van der Waals surface area contributed by atoms with E-state index < -0.39 is 5.97 Å². The minimum Gasteiger partial charge on any atom is -0.481 e. The largest absolute Gasteiger partial charge is 0.481 e.